The maximum Gasteiger partial charge on any atom is 0.223 e. The summed E-state index contributed by atoms with van der Waals surface area (Å²) in [7, 11) is 0. The van der Waals surface area contributed by atoms with Crippen molar-refractivity contribution in [2.45, 2.75) is 25.8 Å². The van der Waals surface area contributed by atoms with Crippen LogP contribution in [-0.4, -0.2) is 36.5 Å². The fourth-order valence-corrected chi connectivity index (χ4v) is 2.65. The molecule has 0 aliphatic carbocycles. The van der Waals surface area contributed by atoms with Gasteiger partial charge in [0.2, 0.25) is 5.91 Å². The van der Waals surface area contributed by atoms with E-state index in [1.165, 1.54) is 6.07 Å². The van der Waals surface area contributed by atoms with Crippen LogP contribution in [0.15, 0.2) is 22.7 Å². The van der Waals surface area contributed by atoms with Gasteiger partial charge in [-0.25, -0.2) is 4.39 Å². The second-order valence-corrected chi connectivity index (χ2v) is 5.79. The third-order valence-corrected chi connectivity index (χ3v) is 3.94. The molecule has 1 saturated heterocycles. The first-order chi connectivity index (χ1) is 9.08. The van der Waals surface area contributed by atoms with Crippen molar-refractivity contribution in [1.29, 1.82) is 0 Å². The largest absolute Gasteiger partial charge is 0.337 e. The average Bonchev–Trinajstić information content (AvgIpc) is 2.38. The molecule has 1 amide bonds. The lowest BCUT2D eigenvalue weighted by atomic mass is 10.1. The van der Waals surface area contributed by atoms with E-state index in [4.69, 9.17) is 0 Å². The predicted molar refractivity (Wildman–Crippen MR) is 76.5 cm³/mol. The van der Waals surface area contributed by atoms with Crippen LogP contribution in [0.25, 0.3) is 0 Å². The molecule has 0 radical (unpaired) electrons. The molecule has 2 rings (SSSR count). The molecule has 0 spiro atoms. The number of nitrogens with zero attached hydrogens (tertiary/aromatic N) is 1. The van der Waals surface area contributed by atoms with Crippen LogP contribution in [-0.2, 0) is 11.2 Å². The summed E-state index contributed by atoms with van der Waals surface area (Å²) in [5, 5.41) is 3.25. The summed E-state index contributed by atoms with van der Waals surface area (Å²) in [4.78, 5) is 14.0. The Morgan fingerprint density at radius 3 is 3.05 bits per heavy atom. The molecular formula is C14H18BrFN2O. The normalized spacial score (nSPS) is 19.5. The molecule has 1 aliphatic rings. The van der Waals surface area contributed by atoms with Gasteiger partial charge in [0.15, 0.2) is 0 Å². The molecule has 1 aliphatic heterocycles. The van der Waals surface area contributed by atoms with Gasteiger partial charge in [0.1, 0.15) is 5.82 Å². The quantitative estimate of drug-likeness (QED) is 0.923. The van der Waals surface area contributed by atoms with Crippen LogP contribution in [0.1, 0.15) is 18.9 Å². The van der Waals surface area contributed by atoms with Gasteiger partial charge in [-0.3, -0.25) is 4.79 Å². The summed E-state index contributed by atoms with van der Waals surface area (Å²) in [6.07, 6.45) is 0.817. The van der Waals surface area contributed by atoms with Crippen LogP contribution in [0, 0.1) is 5.82 Å². The number of amides is 1. The molecule has 1 aromatic rings. The van der Waals surface area contributed by atoms with Gasteiger partial charge in [-0.2, -0.15) is 0 Å². The molecule has 1 heterocycles. The summed E-state index contributed by atoms with van der Waals surface area (Å²) < 4.78 is 14.4. The summed E-state index contributed by atoms with van der Waals surface area (Å²) in [6.45, 7) is 4.44. The number of piperazine rings is 1. The van der Waals surface area contributed by atoms with Gasteiger partial charge in [-0.05, 0) is 31.0 Å². The number of halogens is 2. The SMILES string of the molecule is C[C@@H]1CNCCN1C(=O)CCc1ccc(Br)cc1F. The van der Waals surface area contributed by atoms with E-state index in [-0.39, 0.29) is 17.8 Å². The van der Waals surface area contributed by atoms with E-state index in [1.807, 2.05) is 11.8 Å². The smallest absolute Gasteiger partial charge is 0.223 e. The highest BCUT2D eigenvalue weighted by atomic mass is 79.9. The molecular weight excluding hydrogens is 311 g/mol. The Bertz CT molecular complexity index is 467. The zero-order valence-corrected chi connectivity index (χ0v) is 12.5. The summed E-state index contributed by atoms with van der Waals surface area (Å²) in [5.74, 6) is -0.146. The molecule has 0 aromatic heterocycles. The highest BCUT2D eigenvalue weighted by molar-refractivity contribution is 9.10. The molecule has 0 unspecified atom stereocenters. The Labute approximate surface area is 121 Å². The minimum atomic E-state index is -0.254. The lowest BCUT2D eigenvalue weighted by Gasteiger charge is -2.34. The van der Waals surface area contributed by atoms with Gasteiger partial charge >= 0.3 is 0 Å². The Balaban J connectivity index is 1.92. The van der Waals surface area contributed by atoms with E-state index in [9.17, 15) is 9.18 Å². The molecule has 1 atom stereocenters. The zero-order chi connectivity index (χ0) is 13.8. The van der Waals surface area contributed by atoms with E-state index < -0.39 is 0 Å². The van der Waals surface area contributed by atoms with Crippen LogP contribution in [0.5, 0.6) is 0 Å². The molecule has 5 heteroatoms. The molecule has 0 bridgehead atoms. The van der Waals surface area contributed by atoms with Crippen molar-refractivity contribution in [3.05, 3.63) is 34.1 Å². The molecule has 0 saturated carbocycles. The minimum absolute atomic E-state index is 0.108. The maximum absolute atomic E-state index is 13.7. The number of carbonyl (C=O) groups is 1. The highest BCUT2D eigenvalue weighted by Gasteiger charge is 2.22. The van der Waals surface area contributed by atoms with Gasteiger partial charge in [0, 0.05) is 36.6 Å². The van der Waals surface area contributed by atoms with Gasteiger partial charge in [0.25, 0.3) is 0 Å². The summed E-state index contributed by atoms with van der Waals surface area (Å²) in [5.41, 5.74) is 0.597. The van der Waals surface area contributed by atoms with Crippen LogP contribution in [0.2, 0.25) is 0 Å². The van der Waals surface area contributed by atoms with Crippen molar-refractivity contribution < 1.29 is 9.18 Å². The van der Waals surface area contributed by atoms with Crippen molar-refractivity contribution in [1.82, 2.24) is 10.2 Å². The van der Waals surface area contributed by atoms with Crippen LogP contribution in [0.4, 0.5) is 4.39 Å². The van der Waals surface area contributed by atoms with Crippen LogP contribution >= 0.6 is 15.9 Å². The van der Waals surface area contributed by atoms with E-state index in [0.29, 0.717) is 18.4 Å². The van der Waals surface area contributed by atoms with Gasteiger partial charge in [-0.1, -0.05) is 22.0 Å². The first-order valence-corrected chi connectivity index (χ1v) is 7.31. The lowest BCUT2D eigenvalue weighted by molar-refractivity contribution is -0.133. The third kappa shape index (κ3) is 3.76. The number of aryl methyl sites for hydroxylation is 1. The first kappa shape index (κ1) is 14.5. The number of carbonyl (C=O) groups excluding carboxylic acids is 1. The van der Waals surface area contributed by atoms with Gasteiger partial charge in [-0.15, -0.1) is 0 Å². The average molecular weight is 329 g/mol. The van der Waals surface area contributed by atoms with E-state index in [0.717, 1.165) is 24.1 Å². The third-order valence-electron chi connectivity index (χ3n) is 3.44. The number of benzene rings is 1. The molecule has 1 N–H and O–H groups in total. The second kappa shape index (κ2) is 6.48. The number of nitrogens with one attached hydrogen (secondary N) is 1. The van der Waals surface area contributed by atoms with Gasteiger partial charge < -0.3 is 10.2 Å². The maximum atomic E-state index is 13.7. The van der Waals surface area contributed by atoms with Crippen molar-refractivity contribution in [2.24, 2.45) is 0 Å². The van der Waals surface area contributed by atoms with Crippen molar-refractivity contribution >= 4 is 21.8 Å². The minimum Gasteiger partial charge on any atom is -0.337 e. The predicted octanol–water partition coefficient (Wildman–Crippen LogP) is 2.34. The Morgan fingerprint density at radius 1 is 1.58 bits per heavy atom. The number of hydrogen-bond acceptors (Lipinski definition) is 2. The molecule has 1 aromatic carbocycles. The standard InChI is InChI=1S/C14H18BrFN2O/c1-10-9-17-6-7-18(10)14(19)5-3-11-2-4-12(15)8-13(11)16/h2,4,8,10,17H,3,5-7,9H2,1H3/t10-/m1/s1. The van der Waals surface area contributed by atoms with E-state index >= 15 is 0 Å². The lowest BCUT2D eigenvalue weighted by Crippen LogP contribution is -2.52. The molecule has 3 nitrogen and oxygen atoms in total. The molecule has 1 fully saturated rings. The number of hydrogen-bond donors (Lipinski definition) is 1. The monoisotopic (exact) mass is 328 g/mol. The molecule has 104 valence electrons. The zero-order valence-electron chi connectivity index (χ0n) is 11.0. The Kier molecular flexibility index (Phi) is 4.93. The summed E-state index contributed by atoms with van der Waals surface area (Å²) >= 11 is 3.22. The Hall–Kier alpha value is -0.940. The second-order valence-electron chi connectivity index (χ2n) is 4.88. The van der Waals surface area contributed by atoms with Gasteiger partial charge in [0.05, 0.1) is 0 Å². The first-order valence-electron chi connectivity index (χ1n) is 6.52. The van der Waals surface area contributed by atoms with Crippen molar-refractivity contribution in [3.8, 4) is 0 Å². The fraction of sp³-hybridized carbons (Fsp3) is 0.500. The van der Waals surface area contributed by atoms with E-state index in [1.54, 1.807) is 12.1 Å². The highest BCUT2D eigenvalue weighted by Crippen LogP contribution is 2.17. The van der Waals surface area contributed by atoms with Crippen LogP contribution in [0.3, 0.4) is 0 Å². The summed E-state index contributed by atoms with van der Waals surface area (Å²) in [6, 6.07) is 5.19. The van der Waals surface area contributed by atoms with E-state index in [2.05, 4.69) is 21.2 Å². The fourth-order valence-electron chi connectivity index (χ4n) is 2.32. The molecule has 19 heavy (non-hydrogen) atoms. The topological polar surface area (TPSA) is 32.3 Å². The van der Waals surface area contributed by atoms with Crippen molar-refractivity contribution in [2.75, 3.05) is 19.6 Å². The Morgan fingerprint density at radius 2 is 2.37 bits per heavy atom. The van der Waals surface area contributed by atoms with Crippen molar-refractivity contribution in [3.63, 3.8) is 0 Å². The van der Waals surface area contributed by atoms with Crippen LogP contribution < -0.4 is 5.32 Å². The number of rotatable bonds is 3.